The second-order valence-corrected chi connectivity index (χ2v) is 2.36. The Hall–Kier alpha value is -1.03. The monoisotopic (exact) mass is 151 g/mol. The van der Waals surface area contributed by atoms with E-state index in [4.69, 9.17) is 0 Å². The predicted molar refractivity (Wildman–Crippen MR) is 40.2 cm³/mol. The topological polar surface area (TPSA) is 30.2 Å². The van der Waals surface area contributed by atoms with Crippen LogP contribution in [0.4, 0.5) is 0 Å². The van der Waals surface area contributed by atoms with Gasteiger partial charge in [-0.15, -0.1) is 12.6 Å². The van der Waals surface area contributed by atoms with Crippen LogP contribution in [0.5, 0.6) is 0 Å². The van der Waals surface area contributed by atoms with Crippen molar-refractivity contribution < 1.29 is 0 Å². The molecule has 0 aliphatic heterocycles. The van der Waals surface area contributed by atoms with E-state index in [1.54, 1.807) is 23.0 Å². The van der Waals surface area contributed by atoms with Gasteiger partial charge in [-0.3, -0.25) is 0 Å². The average Bonchev–Trinajstić information content (AvgIpc) is 2.36. The van der Waals surface area contributed by atoms with Crippen molar-refractivity contribution >= 4 is 18.3 Å². The molecule has 0 unspecified atom stereocenters. The van der Waals surface area contributed by atoms with Gasteiger partial charge in [0.1, 0.15) is 0 Å². The number of aromatic nitrogens is 3. The van der Waals surface area contributed by atoms with Gasteiger partial charge in [0.15, 0.2) is 5.65 Å². The number of hydrogen-bond donors (Lipinski definition) is 1. The van der Waals surface area contributed by atoms with Crippen molar-refractivity contribution in [1.29, 1.82) is 0 Å². The molecular formula is C6H5N3S. The minimum atomic E-state index is 0.801. The fraction of sp³-hybridized carbons (Fsp3) is 0. The van der Waals surface area contributed by atoms with Crippen molar-refractivity contribution in [2.24, 2.45) is 0 Å². The van der Waals surface area contributed by atoms with Crippen molar-refractivity contribution in [3.8, 4) is 0 Å². The molecule has 0 aliphatic rings. The highest BCUT2D eigenvalue weighted by molar-refractivity contribution is 7.80. The number of hydrogen-bond acceptors (Lipinski definition) is 3. The summed E-state index contributed by atoms with van der Waals surface area (Å²) in [6, 6.07) is 3.63. The largest absolute Gasteiger partial charge is 0.237 e. The predicted octanol–water partition coefficient (Wildman–Crippen LogP) is 1.02. The van der Waals surface area contributed by atoms with Crippen LogP contribution in [0.2, 0.25) is 0 Å². The molecule has 50 valence electrons. The van der Waals surface area contributed by atoms with Gasteiger partial charge in [0, 0.05) is 12.3 Å². The maximum atomic E-state index is 4.18. The normalized spacial score (nSPS) is 10.5. The van der Waals surface area contributed by atoms with Crippen molar-refractivity contribution in [2.45, 2.75) is 5.03 Å². The van der Waals surface area contributed by atoms with E-state index in [-0.39, 0.29) is 0 Å². The summed E-state index contributed by atoms with van der Waals surface area (Å²) in [5.41, 5.74) is 0.826. The Morgan fingerprint density at radius 2 is 2.20 bits per heavy atom. The Morgan fingerprint density at radius 1 is 1.30 bits per heavy atom. The summed E-state index contributed by atoms with van der Waals surface area (Å²) in [5.74, 6) is 0. The average molecular weight is 151 g/mol. The van der Waals surface area contributed by atoms with Crippen LogP contribution >= 0.6 is 12.6 Å². The number of nitrogens with zero attached hydrogens (tertiary/aromatic N) is 3. The first-order chi connectivity index (χ1) is 4.88. The summed E-state index contributed by atoms with van der Waals surface area (Å²) in [7, 11) is 0. The Bertz CT molecular complexity index is 355. The summed E-state index contributed by atoms with van der Waals surface area (Å²) >= 11 is 4.18. The molecule has 0 radical (unpaired) electrons. The van der Waals surface area contributed by atoms with Gasteiger partial charge in [-0.2, -0.15) is 5.10 Å². The Kier molecular flexibility index (Phi) is 1.14. The molecule has 0 amide bonds. The van der Waals surface area contributed by atoms with Gasteiger partial charge in [-0.1, -0.05) is 0 Å². The van der Waals surface area contributed by atoms with Crippen LogP contribution in [0.3, 0.4) is 0 Å². The van der Waals surface area contributed by atoms with Crippen molar-refractivity contribution in [3.05, 3.63) is 24.5 Å². The number of fused-ring (bicyclic) bond motifs is 1. The zero-order chi connectivity index (χ0) is 6.97. The van der Waals surface area contributed by atoms with Crippen molar-refractivity contribution in [3.63, 3.8) is 0 Å². The summed E-state index contributed by atoms with van der Waals surface area (Å²) < 4.78 is 1.67. The van der Waals surface area contributed by atoms with Gasteiger partial charge in [-0.25, -0.2) is 9.50 Å². The molecule has 2 heterocycles. The van der Waals surface area contributed by atoms with Crippen LogP contribution < -0.4 is 0 Å². The second kappa shape index (κ2) is 1.98. The van der Waals surface area contributed by atoms with E-state index in [0.29, 0.717) is 0 Å². The summed E-state index contributed by atoms with van der Waals surface area (Å²) in [5, 5.41) is 4.80. The maximum Gasteiger partial charge on any atom is 0.156 e. The van der Waals surface area contributed by atoms with Crippen LogP contribution in [-0.2, 0) is 0 Å². The van der Waals surface area contributed by atoms with Gasteiger partial charge in [-0.05, 0) is 6.07 Å². The summed E-state index contributed by atoms with van der Waals surface area (Å²) in [6.07, 6.45) is 3.40. The molecule has 0 aliphatic carbocycles. The van der Waals surface area contributed by atoms with Crippen LogP contribution in [0.1, 0.15) is 0 Å². The lowest BCUT2D eigenvalue weighted by molar-refractivity contribution is 0.846. The molecule has 0 aromatic carbocycles. The summed E-state index contributed by atoms with van der Waals surface area (Å²) in [6.45, 7) is 0. The first-order valence-electron chi connectivity index (χ1n) is 2.85. The zero-order valence-electron chi connectivity index (χ0n) is 5.10. The Balaban J connectivity index is 2.95. The smallest absolute Gasteiger partial charge is 0.156 e. The third kappa shape index (κ3) is 0.690. The van der Waals surface area contributed by atoms with Gasteiger partial charge >= 0.3 is 0 Å². The number of thiol groups is 1. The third-order valence-electron chi connectivity index (χ3n) is 1.27. The first kappa shape index (κ1) is 5.73. The molecule has 10 heavy (non-hydrogen) atoms. The van der Waals surface area contributed by atoms with Crippen LogP contribution in [0.15, 0.2) is 29.6 Å². The van der Waals surface area contributed by atoms with E-state index in [2.05, 4.69) is 22.7 Å². The van der Waals surface area contributed by atoms with Crippen molar-refractivity contribution in [2.75, 3.05) is 0 Å². The molecule has 0 atom stereocenters. The molecule has 0 fully saturated rings. The van der Waals surface area contributed by atoms with Crippen LogP contribution in [0, 0.1) is 0 Å². The van der Waals surface area contributed by atoms with E-state index in [1.165, 1.54) is 0 Å². The highest BCUT2D eigenvalue weighted by Crippen LogP contribution is 2.05. The molecule has 2 aromatic heterocycles. The molecule has 0 saturated heterocycles. The molecule has 0 N–H and O–H groups in total. The van der Waals surface area contributed by atoms with E-state index in [0.717, 1.165) is 10.7 Å². The van der Waals surface area contributed by atoms with Crippen LogP contribution in [0.25, 0.3) is 5.65 Å². The third-order valence-corrected chi connectivity index (χ3v) is 1.61. The van der Waals surface area contributed by atoms with Gasteiger partial charge in [0.05, 0.1) is 11.2 Å². The second-order valence-electron chi connectivity index (χ2n) is 1.90. The van der Waals surface area contributed by atoms with E-state index >= 15 is 0 Å². The minimum Gasteiger partial charge on any atom is -0.237 e. The van der Waals surface area contributed by atoms with Gasteiger partial charge < -0.3 is 0 Å². The van der Waals surface area contributed by atoms with E-state index in [1.807, 2.05) is 6.07 Å². The highest BCUT2D eigenvalue weighted by Gasteiger charge is 1.94. The van der Waals surface area contributed by atoms with Crippen LogP contribution in [-0.4, -0.2) is 14.6 Å². The molecule has 4 heteroatoms. The van der Waals surface area contributed by atoms with Crippen molar-refractivity contribution in [1.82, 2.24) is 14.6 Å². The molecule has 3 nitrogen and oxygen atoms in total. The maximum absolute atomic E-state index is 4.18. The Morgan fingerprint density at radius 3 is 3.00 bits per heavy atom. The fourth-order valence-electron chi connectivity index (χ4n) is 0.822. The van der Waals surface area contributed by atoms with Gasteiger partial charge in [0.25, 0.3) is 0 Å². The van der Waals surface area contributed by atoms with Gasteiger partial charge in [0.2, 0.25) is 0 Å². The minimum absolute atomic E-state index is 0.801. The van der Waals surface area contributed by atoms with E-state index in [9.17, 15) is 0 Å². The molecule has 0 bridgehead atoms. The quantitative estimate of drug-likeness (QED) is 0.450. The molecular weight excluding hydrogens is 146 g/mol. The molecule has 0 spiro atoms. The molecule has 0 saturated carbocycles. The number of rotatable bonds is 0. The SMILES string of the molecule is Sc1ccnc2ccnn12. The fourth-order valence-corrected chi connectivity index (χ4v) is 1.04. The lowest BCUT2D eigenvalue weighted by atomic mass is 10.6. The lowest BCUT2D eigenvalue weighted by Crippen LogP contribution is -1.90. The lowest BCUT2D eigenvalue weighted by Gasteiger charge is -1.93. The standard InChI is InChI=1S/C6H5N3S/c10-6-2-3-7-5-1-4-8-9(5)6/h1-4,10H. The Labute approximate surface area is 63.1 Å². The zero-order valence-corrected chi connectivity index (χ0v) is 5.99. The molecule has 2 rings (SSSR count). The molecule has 2 aromatic rings. The van der Waals surface area contributed by atoms with E-state index < -0.39 is 0 Å². The first-order valence-corrected chi connectivity index (χ1v) is 3.30. The highest BCUT2D eigenvalue weighted by atomic mass is 32.1. The summed E-state index contributed by atoms with van der Waals surface area (Å²) in [4.78, 5) is 4.05.